The largest absolute Gasteiger partial charge is 0.477 e. The van der Waals surface area contributed by atoms with E-state index in [1.54, 1.807) is 50.5 Å². The van der Waals surface area contributed by atoms with Crippen molar-refractivity contribution in [2.24, 2.45) is 5.92 Å². The molecule has 7 nitrogen and oxygen atoms in total. The molecule has 1 aliphatic heterocycles. The topological polar surface area (TPSA) is 74.8 Å². The maximum atomic E-state index is 13.5. The molecule has 32 heavy (non-hydrogen) atoms. The Morgan fingerprint density at radius 3 is 2.47 bits per heavy atom. The summed E-state index contributed by atoms with van der Waals surface area (Å²) in [5.74, 6) is -3.00. The van der Waals surface area contributed by atoms with Gasteiger partial charge in [0.1, 0.15) is 6.04 Å². The standard InChI is InChI=1S/C23H26F2N4O3/c1-28(2)22(31)19(16-6-4-3-5-7-16)27-21(30)20-17(29-13-23(24,25)14-29)10-11-18(26-20)32-12-15-8-9-15/h3-7,10-11,15,19H,8-9,12-14H2,1-2H3,(H,27,30). The maximum Gasteiger partial charge on any atom is 0.282 e. The third-order valence-electron chi connectivity index (χ3n) is 5.51. The molecule has 1 N–H and O–H groups in total. The normalized spacial score (nSPS) is 17.8. The highest BCUT2D eigenvalue weighted by atomic mass is 19.3. The van der Waals surface area contributed by atoms with Crippen LogP contribution >= 0.6 is 0 Å². The van der Waals surface area contributed by atoms with Gasteiger partial charge in [0.15, 0.2) is 5.69 Å². The van der Waals surface area contributed by atoms with Crippen LogP contribution in [0.5, 0.6) is 5.88 Å². The number of nitrogens with one attached hydrogen (secondary N) is 1. The Balaban J connectivity index is 1.61. The quantitative estimate of drug-likeness (QED) is 0.678. The van der Waals surface area contributed by atoms with Crippen molar-refractivity contribution in [1.29, 1.82) is 0 Å². The van der Waals surface area contributed by atoms with E-state index in [0.29, 0.717) is 18.1 Å². The van der Waals surface area contributed by atoms with Crippen molar-refractivity contribution in [1.82, 2.24) is 15.2 Å². The second kappa shape index (κ2) is 8.72. The predicted octanol–water partition coefficient (Wildman–Crippen LogP) is 2.89. The van der Waals surface area contributed by atoms with E-state index in [4.69, 9.17) is 4.74 Å². The number of pyridine rings is 1. The van der Waals surface area contributed by atoms with E-state index < -0.39 is 31.0 Å². The molecule has 2 amide bonds. The molecular weight excluding hydrogens is 418 g/mol. The number of benzene rings is 1. The number of amides is 2. The van der Waals surface area contributed by atoms with Gasteiger partial charge in [0.2, 0.25) is 11.8 Å². The molecule has 1 unspecified atom stereocenters. The second-order valence-electron chi connectivity index (χ2n) is 8.53. The molecule has 1 saturated heterocycles. The van der Waals surface area contributed by atoms with Gasteiger partial charge < -0.3 is 19.9 Å². The second-order valence-corrected chi connectivity index (χ2v) is 8.53. The van der Waals surface area contributed by atoms with Crippen LogP contribution in [-0.2, 0) is 4.79 Å². The van der Waals surface area contributed by atoms with E-state index >= 15 is 0 Å². The molecule has 0 spiro atoms. The minimum atomic E-state index is -2.80. The van der Waals surface area contributed by atoms with Gasteiger partial charge in [-0.2, -0.15) is 0 Å². The van der Waals surface area contributed by atoms with Crippen molar-refractivity contribution in [2.75, 3.05) is 38.7 Å². The number of anilines is 1. The van der Waals surface area contributed by atoms with Gasteiger partial charge in [0, 0.05) is 20.2 Å². The van der Waals surface area contributed by atoms with E-state index in [2.05, 4.69) is 10.3 Å². The Kier molecular flexibility index (Phi) is 5.99. The van der Waals surface area contributed by atoms with Crippen LogP contribution in [0.25, 0.3) is 0 Å². The average molecular weight is 444 g/mol. The van der Waals surface area contributed by atoms with Crippen molar-refractivity contribution in [3.8, 4) is 5.88 Å². The molecule has 1 aromatic carbocycles. The molecule has 2 aromatic rings. The van der Waals surface area contributed by atoms with Gasteiger partial charge in [-0.25, -0.2) is 13.8 Å². The summed E-state index contributed by atoms with van der Waals surface area (Å²) < 4.78 is 32.7. The Bertz CT molecular complexity index is 988. The molecule has 0 radical (unpaired) electrons. The lowest BCUT2D eigenvalue weighted by Gasteiger charge is -2.40. The summed E-state index contributed by atoms with van der Waals surface area (Å²) in [6.07, 6.45) is 2.19. The lowest BCUT2D eigenvalue weighted by atomic mass is 10.0. The maximum absolute atomic E-state index is 13.5. The van der Waals surface area contributed by atoms with E-state index in [0.717, 1.165) is 12.8 Å². The minimum Gasteiger partial charge on any atom is -0.477 e. The first-order chi connectivity index (χ1) is 15.2. The van der Waals surface area contributed by atoms with E-state index in [9.17, 15) is 18.4 Å². The van der Waals surface area contributed by atoms with Crippen molar-refractivity contribution < 1.29 is 23.1 Å². The van der Waals surface area contributed by atoms with Crippen LogP contribution in [0.15, 0.2) is 42.5 Å². The molecule has 1 aromatic heterocycles. The van der Waals surface area contributed by atoms with Crippen LogP contribution in [-0.4, -0.2) is 61.4 Å². The molecule has 2 aliphatic rings. The Morgan fingerprint density at radius 2 is 1.88 bits per heavy atom. The summed E-state index contributed by atoms with van der Waals surface area (Å²) in [6, 6.07) is 11.1. The van der Waals surface area contributed by atoms with Crippen LogP contribution in [0.4, 0.5) is 14.5 Å². The van der Waals surface area contributed by atoms with Crippen LogP contribution in [0.3, 0.4) is 0 Å². The summed E-state index contributed by atoms with van der Waals surface area (Å²) in [4.78, 5) is 33.2. The van der Waals surface area contributed by atoms with Crippen LogP contribution in [0.1, 0.15) is 34.9 Å². The molecular formula is C23H26F2N4O3. The molecule has 2 heterocycles. The fourth-order valence-electron chi connectivity index (χ4n) is 3.50. The summed E-state index contributed by atoms with van der Waals surface area (Å²) in [5, 5.41) is 2.74. The lowest BCUT2D eigenvalue weighted by Crippen LogP contribution is -2.57. The minimum absolute atomic E-state index is 0.0405. The van der Waals surface area contributed by atoms with Crippen LogP contribution < -0.4 is 15.0 Å². The fraction of sp³-hybridized carbons (Fsp3) is 0.435. The van der Waals surface area contributed by atoms with Gasteiger partial charge in [-0.1, -0.05) is 30.3 Å². The van der Waals surface area contributed by atoms with Crippen molar-refractivity contribution in [3.05, 3.63) is 53.7 Å². The number of carbonyl (C=O) groups excluding carboxylic acids is 2. The number of nitrogens with zero attached hydrogens (tertiary/aromatic N) is 3. The fourth-order valence-corrected chi connectivity index (χ4v) is 3.50. The summed E-state index contributed by atoms with van der Waals surface area (Å²) in [5.41, 5.74) is 0.857. The number of aromatic nitrogens is 1. The third kappa shape index (κ3) is 4.98. The van der Waals surface area contributed by atoms with Gasteiger partial charge in [-0.05, 0) is 30.4 Å². The number of hydrogen-bond acceptors (Lipinski definition) is 5. The number of likely N-dealkylation sites (N-methyl/N-ethyl adjacent to an activating group) is 1. The van der Waals surface area contributed by atoms with Crippen LogP contribution in [0.2, 0.25) is 0 Å². The zero-order valence-corrected chi connectivity index (χ0v) is 18.1. The Morgan fingerprint density at radius 1 is 1.19 bits per heavy atom. The average Bonchev–Trinajstić information content (AvgIpc) is 3.58. The first-order valence-corrected chi connectivity index (χ1v) is 10.6. The van der Waals surface area contributed by atoms with Crippen LogP contribution in [0, 0.1) is 5.92 Å². The molecule has 1 atom stereocenters. The lowest BCUT2D eigenvalue weighted by molar-refractivity contribution is -0.130. The predicted molar refractivity (Wildman–Crippen MR) is 115 cm³/mol. The zero-order chi connectivity index (χ0) is 22.9. The highest BCUT2D eigenvalue weighted by Gasteiger charge is 2.45. The Labute approximate surface area is 185 Å². The highest BCUT2D eigenvalue weighted by Crippen LogP contribution is 2.35. The van der Waals surface area contributed by atoms with Gasteiger partial charge in [0.25, 0.3) is 11.8 Å². The first kappa shape index (κ1) is 22.0. The smallest absolute Gasteiger partial charge is 0.282 e. The molecule has 1 aliphatic carbocycles. The molecule has 2 fully saturated rings. The number of carbonyl (C=O) groups is 2. The number of alkyl halides is 2. The van der Waals surface area contributed by atoms with Gasteiger partial charge >= 0.3 is 0 Å². The summed E-state index contributed by atoms with van der Waals surface area (Å²) in [6.45, 7) is -0.479. The molecule has 0 bridgehead atoms. The van der Waals surface area contributed by atoms with E-state index in [1.165, 1.54) is 9.80 Å². The van der Waals surface area contributed by atoms with Gasteiger partial charge in [0.05, 0.1) is 25.4 Å². The first-order valence-electron chi connectivity index (χ1n) is 10.6. The van der Waals surface area contributed by atoms with Crippen molar-refractivity contribution in [3.63, 3.8) is 0 Å². The highest BCUT2D eigenvalue weighted by molar-refractivity contribution is 6.00. The molecule has 4 rings (SSSR count). The van der Waals surface area contributed by atoms with Gasteiger partial charge in [-0.3, -0.25) is 9.59 Å². The Hall–Kier alpha value is -3.23. The number of ether oxygens (including phenoxy) is 1. The number of halogens is 2. The third-order valence-corrected chi connectivity index (χ3v) is 5.51. The molecule has 170 valence electrons. The zero-order valence-electron chi connectivity index (χ0n) is 18.1. The number of hydrogen-bond donors (Lipinski definition) is 1. The summed E-state index contributed by atoms with van der Waals surface area (Å²) in [7, 11) is 3.20. The van der Waals surface area contributed by atoms with Gasteiger partial charge in [-0.15, -0.1) is 0 Å². The number of rotatable bonds is 8. The SMILES string of the molecule is CN(C)C(=O)C(NC(=O)c1nc(OCC2CC2)ccc1N1CC(F)(F)C1)c1ccccc1. The summed E-state index contributed by atoms with van der Waals surface area (Å²) >= 11 is 0. The van der Waals surface area contributed by atoms with Crippen molar-refractivity contribution in [2.45, 2.75) is 24.8 Å². The van der Waals surface area contributed by atoms with E-state index in [1.807, 2.05) is 6.07 Å². The van der Waals surface area contributed by atoms with Crippen molar-refractivity contribution >= 4 is 17.5 Å². The van der Waals surface area contributed by atoms with E-state index in [-0.39, 0.29) is 23.2 Å². The molecule has 1 saturated carbocycles. The monoisotopic (exact) mass is 444 g/mol. The molecule has 9 heteroatoms.